The minimum atomic E-state index is -0.793. The number of carbonyl (C=O) groups excluding carboxylic acids is 2. The van der Waals surface area contributed by atoms with Crippen LogP contribution in [0.5, 0.6) is 5.75 Å². The maximum absolute atomic E-state index is 13.5. The largest absolute Gasteiger partial charge is 0.507 e. The van der Waals surface area contributed by atoms with Crippen molar-refractivity contribution in [2.45, 2.75) is 33.2 Å². The SMILES string of the molecule is Cc1cc(/C(O)=C2\C(=O)C(=O)N(CCc3ccc(F)cc3)C2c2c[nH]c3ccccc23)ccc1OCC(C)C. The van der Waals surface area contributed by atoms with E-state index in [-0.39, 0.29) is 23.7 Å². The fraction of sp³-hybridized carbons (Fsp3) is 0.250. The summed E-state index contributed by atoms with van der Waals surface area (Å²) in [7, 11) is 0. The van der Waals surface area contributed by atoms with Gasteiger partial charge in [0.1, 0.15) is 17.3 Å². The topological polar surface area (TPSA) is 82.6 Å². The van der Waals surface area contributed by atoms with Crippen molar-refractivity contribution in [3.63, 3.8) is 0 Å². The highest BCUT2D eigenvalue weighted by Gasteiger charge is 2.46. The van der Waals surface area contributed by atoms with E-state index in [0.29, 0.717) is 30.3 Å². The highest BCUT2D eigenvalue weighted by molar-refractivity contribution is 6.46. The van der Waals surface area contributed by atoms with Crippen molar-refractivity contribution >= 4 is 28.4 Å². The summed E-state index contributed by atoms with van der Waals surface area (Å²) < 4.78 is 19.3. The molecule has 2 N–H and O–H groups in total. The van der Waals surface area contributed by atoms with Gasteiger partial charge in [-0.1, -0.05) is 44.2 Å². The third-order valence-electron chi connectivity index (χ3n) is 7.03. The number of likely N-dealkylation sites (tertiary alicyclic amines) is 1. The highest BCUT2D eigenvalue weighted by atomic mass is 19.1. The number of benzene rings is 3. The van der Waals surface area contributed by atoms with Crippen LogP contribution in [0.3, 0.4) is 0 Å². The summed E-state index contributed by atoms with van der Waals surface area (Å²) in [5.74, 6) is -0.921. The molecule has 1 saturated heterocycles. The van der Waals surface area contributed by atoms with E-state index in [2.05, 4.69) is 18.8 Å². The van der Waals surface area contributed by atoms with Crippen LogP contribution in [0.25, 0.3) is 16.7 Å². The summed E-state index contributed by atoms with van der Waals surface area (Å²) in [5, 5.41) is 12.4. The first kappa shape index (κ1) is 26.2. The molecule has 0 aliphatic carbocycles. The second-order valence-electron chi connectivity index (χ2n) is 10.3. The summed E-state index contributed by atoms with van der Waals surface area (Å²) >= 11 is 0. The first-order valence-electron chi connectivity index (χ1n) is 13.1. The molecule has 1 aromatic heterocycles. The number of Topliss-reactive ketones (excluding diaryl/α,β-unsaturated/α-hetero) is 1. The normalized spacial score (nSPS) is 16.9. The molecule has 6 nitrogen and oxygen atoms in total. The number of amides is 1. The third-order valence-corrected chi connectivity index (χ3v) is 7.03. The van der Waals surface area contributed by atoms with Gasteiger partial charge in [-0.05, 0) is 66.8 Å². The monoisotopic (exact) mass is 526 g/mol. The number of H-pyrrole nitrogens is 1. The van der Waals surface area contributed by atoms with E-state index in [4.69, 9.17) is 4.74 Å². The zero-order valence-electron chi connectivity index (χ0n) is 22.2. The molecule has 1 aliphatic heterocycles. The Morgan fingerprint density at radius 2 is 1.82 bits per heavy atom. The molecule has 39 heavy (non-hydrogen) atoms. The number of rotatable bonds is 8. The van der Waals surface area contributed by atoms with Crippen molar-refractivity contribution in [3.8, 4) is 5.75 Å². The van der Waals surface area contributed by atoms with E-state index < -0.39 is 17.7 Å². The number of nitrogens with one attached hydrogen (secondary N) is 1. The van der Waals surface area contributed by atoms with Crippen LogP contribution in [0.2, 0.25) is 0 Å². The zero-order valence-corrected chi connectivity index (χ0v) is 22.2. The number of fused-ring (bicyclic) bond motifs is 1. The maximum atomic E-state index is 13.5. The Morgan fingerprint density at radius 3 is 2.54 bits per heavy atom. The van der Waals surface area contributed by atoms with Crippen molar-refractivity contribution < 1.29 is 23.8 Å². The number of aromatic amines is 1. The molecule has 1 amide bonds. The number of hydrogen-bond donors (Lipinski definition) is 2. The third kappa shape index (κ3) is 5.17. The fourth-order valence-electron chi connectivity index (χ4n) is 5.03. The van der Waals surface area contributed by atoms with Gasteiger partial charge in [0.2, 0.25) is 0 Å². The lowest BCUT2D eigenvalue weighted by atomic mass is 9.94. The molecule has 3 aromatic carbocycles. The standard InChI is InChI=1S/C32H31FN2O4/c1-19(2)18-39-27-13-10-22(16-20(27)3)30(36)28-29(25-17-34-26-7-5-4-6-24(25)26)35(32(38)31(28)37)15-14-21-8-11-23(33)12-9-21/h4-13,16-17,19,29,34,36H,14-15,18H2,1-3H3/b30-28+. The fourth-order valence-corrected chi connectivity index (χ4v) is 5.03. The Morgan fingerprint density at radius 1 is 1.08 bits per heavy atom. The number of nitrogens with zero attached hydrogens (tertiary/aromatic N) is 1. The molecular weight excluding hydrogens is 495 g/mol. The lowest BCUT2D eigenvalue weighted by molar-refractivity contribution is -0.139. The number of hydrogen-bond acceptors (Lipinski definition) is 4. The molecule has 1 aliphatic rings. The summed E-state index contributed by atoms with van der Waals surface area (Å²) in [5.41, 5.74) is 3.71. The number of para-hydroxylation sites is 1. The predicted octanol–water partition coefficient (Wildman–Crippen LogP) is 6.31. The number of ether oxygens (including phenoxy) is 1. The second kappa shape index (κ2) is 10.8. The Kier molecular flexibility index (Phi) is 7.24. The molecule has 2 heterocycles. The second-order valence-corrected chi connectivity index (χ2v) is 10.3. The van der Waals surface area contributed by atoms with Gasteiger partial charge in [-0.15, -0.1) is 0 Å². The van der Waals surface area contributed by atoms with Crippen LogP contribution in [0, 0.1) is 18.7 Å². The molecule has 1 atom stereocenters. The molecule has 7 heteroatoms. The number of aliphatic hydroxyl groups is 1. The van der Waals surface area contributed by atoms with Gasteiger partial charge in [0.05, 0.1) is 18.2 Å². The van der Waals surface area contributed by atoms with Crippen LogP contribution < -0.4 is 4.74 Å². The van der Waals surface area contributed by atoms with Crippen LogP contribution in [0.4, 0.5) is 4.39 Å². The van der Waals surface area contributed by atoms with E-state index >= 15 is 0 Å². The number of aryl methyl sites for hydroxylation is 1. The lowest BCUT2D eigenvalue weighted by Crippen LogP contribution is -2.31. The van der Waals surface area contributed by atoms with E-state index in [0.717, 1.165) is 27.6 Å². The molecule has 5 rings (SSSR count). The molecule has 0 bridgehead atoms. The molecule has 4 aromatic rings. The van der Waals surface area contributed by atoms with Gasteiger partial charge in [-0.2, -0.15) is 0 Å². The van der Waals surface area contributed by atoms with E-state index in [1.165, 1.54) is 17.0 Å². The molecule has 1 unspecified atom stereocenters. The van der Waals surface area contributed by atoms with Crippen molar-refractivity contribution in [2.24, 2.45) is 5.92 Å². The molecular formula is C32H31FN2O4. The average molecular weight is 527 g/mol. The molecule has 0 radical (unpaired) electrons. The summed E-state index contributed by atoms with van der Waals surface area (Å²) in [4.78, 5) is 31.6. The van der Waals surface area contributed by atoms with Gasteiger partial charge in [-0.25, -0.2) is 4.39 Å². The van der Waals surface area contributed by atoms with Crippen molar-refractivity contribution in [3.05, 3.63) is 107 Å². The van der Waals surface area contributed by atoms with Gasteiger partial charge >= 0.3 is 0 Å². The summed E-state index contributed by atoms with van der Waals surface area (Å²) in [6, 6.07) is 18.2. The Hall–Kier alpha value is -4.39. The lowest BCUT2D eigenvalue weighted by Gasteiger charge is -2.25. The van der Waals surface area contributed by atoms with Crippen molar-refractivity contribution in [1.82, 2.24) is 9.88 Å². The predicted molar refractivity (Wildman–Crippen MR) is 149 cm³/mol. The quantitative estimate of drug-likeness (QED) is 0.160. The van der Waals surface area contributed by atoms with E-state index in [1.807, 2.05) is 31.2 Å². The van der Waals surface area contributed by atoms with Crippen LogP contribution in [-0.4, -0.2) is 39.8 Å². The van der Waals surface area contributed by atoms with Crippen LogP contribution in [-0.2, 0) is 16.0 Å². The van der Waals surface area contributed by atoms with Gasteiger partial charge < -0.3 is 19.7 Å². The first-order valence-corrected chi connectivity index (χ1v) is 13.1. The zero-order chi connectivity index (χ0) is 27.7. The van der Waals surface area contributed by atoms with Gasteiger partial charge in [0, 0.05) is 34.8 Å². The van der Waals surface area contributed by atoms with Gasteiger partial charge in [0.15, 0.2) is 0 Å². The number of ketones is 1. The van der Waals surface area contributed by atoms with Crippen molar-refractivity contribution in [2.75, 3.05) is 13.2 Å². The smallest absolute Gasteiger partial charge is 0.295 e. The van der Waals surface area contributed by atoms with Crippen LogP contribution >= 0.6 is 0 Å². The Bertz CT molecular complexity index is 1570. The molecule has 0 saturated carbocycles. The average Bonchev–Trinajstić information content (AvgIpc) is 3.45. The van der Waals surface area contributed by atoms with Crippen LogP contribution in [0.1, 0.15) is 42.1 Å². The Balaban J connectivity index is 1.57. The summed E-state index contributed by atoms with van der Waals surface area (Å²) in [6.07, 6.45) is 2.21. The first-order chi connectivity index (χ1) is 18.7. The van der Waals surface area contributed by atoms with Gasteiger partial charge in [0.25, 0.3) is 11.7 Å². The number of halogens is 1. The molecule has 0 spiro atoms. The van der Waals surface area contributed by atoms with E-state index in [1.54, 1.807) is 36.5 Å². The minimum Gasteiger partial charge on any atom is -0.507 e. The number of carbonyl (C=O) groups is 2. The maximum Gasteiger partial charge on any atom is 0.295 e. The van der Waals surface area contributed by atoms with Gasteiger partial charge in [-0.3, -0.25) is 9.59 Å². The minimum absolute atomic E-state index is 0.0408. The van der Waals surface area contributed by atoms with E-state index in [9.17, 15) is 19.1 Å². The molecule has 200 valence electrons. The molecule has 1 fully saturated rings. The summed E-state index contributed by atoms with van der Waals surface area (Å²) in [6.45, 7) is 6.79. The van der Waals surface area contributed by atoms with Crippen molar-refractivity contribution in [1.29, 1.82) is 0 Å². The number of aromatic nitrogens is 1. The highest BCUT2D eigenvalue weighted by Crippen LogP contribution is 2.42. The van der Waals surface area contributed by atoms with Crippen LogP contribution in [0.15, 0.2) is 78.5 Å². The Labute approximate surface area is 226 Å². The number of aliphatic hydroxyl groups excluding tert-OH is 1.